The zero-order valence-corrected chi connectivity index (χ0v) is 16.7. The lowest BCUT2D eigenvalue weighted by Crippen LogP contribution is -2.68. The summed E-state index contributed by atoms with van der Waals surface area (Å²) in [4.78, 5) is 11.6. The largest absolute Gasteiger partial charge is 0.462 e. The van der Waals surface area contributed by atoms with Crippen LogP contribution < -0.4 is 5.32 Å². The molecule has 0 saturated carbocycles. The van der Waals surface area contributed by atoms with Gasteiger partial charge in [-0.15, -0.1) is 0 Å². The van der Waals surface area contributed by atoms with Gasteiger partial charge in [0.2, 0.25) is 0 Å². The molecule has 4 nitrogen and oxygen atoms in total. The topological polar surface area (TPSA) is 47.6 Å². The molecule has 0 aliphatic carbocycles. The molecular formula is C16H8F17NO3. The molecule has 2 atom stereocenters. The Bertz CT molecular complexity index is 943. The number of alkyl halides is 17. The van der Waals surface area contributed by atoms with Crippen LogP contribution in [0, 0.1) is 0 Å². The van der Waals surface area contributed by atoms with Gasteiger partial charge < -0.3 is 5.32 Å². The van der Waals surface area contributed by atoms with Crippen LogP contribution in [-0.4, -0.2) is 54.3 Å². The van der Waals surface area contributed by atoms with Crippen LogP contribution in [-0.2, 0) is 20.8 Å². The molecular weight excluding hydrogens is 577 g/mol. The number of amides is 1. The standard InChI is InChI=1S/C16H8F17NO3/c17-9(12(21,22)23,8(35)34-6-7-4-2-1-3-5-7)36-16(32,33)11(20,14(27,28)29)37-15(30,31)10(18,19)13(24,25)26/h1-5H,6H2,(H,34,35)/t9-,11-/m0/s1. The van der Waals surface area contributed by atoms with Crippen LogP contribution >= 0.6 is 0 Å². The maximum Gasteiger partial charge on any atom is 0.462 e. The predicted octanol–water partition coefficient (Wildman–Crippen LogP) is 6.18. The molecule has 1 amide bonds. The van der Waals surface area contributed by atoms with Gasteiger partial charge in [-0.1, -0.05) is 30.3 Å². The van der Waals surface area contributed by atoms with Crippen molar-refractivity contribution in [2.24, 2.45) is 0 Å². The van der Waals surface area contributed by atoms with Gasteiger partial charge in [0, 0.05) is 6.54 Å². The molecule has 0 bridgehead atoms. The van der Waals surface area contributed by atoms with E-state index >= 15 is 0 Å². The molecule has 0 aromatic heterocycles. The number of ether oxygens (including phenoxy) is 2. The number of carbonyl (C=O) groups is 1. The van der Waals surface area contributed by atoms with E-state index in [1.807, 2.05) is 4.74 Å². The van der Waals surface area contributed by atoms with Crippen LogP contribution in [0.5, 0.6) is 0 Å². The zero-order valence-electron chi connectivity index (χ0n) is 16.7. The number of carbonyl (C=O) groups excluding carboxylic acids is 1. The third-order valence-corrected chi connectivity index (χ3v) is 3.95. The van der Waals surface area contributed by atoms with E-state index in [0.717, 1.165) is 29.6 Å². The molecule has 0 heterocycles. The molecule has 0 saturated heterocycles. The normalized spacial score (nSPS) is 17.6. The van der Waals surface area contributed by atoms with Crippen LogP contribution in [0.3, 0.4) is 0 Å². The Kier molecular flexibility index (Phi) is 8.44. The smallest absolute Gasteiger partial charge is 0.347 e. The summed E-state index contributed by atoms with van der Waals surface area (Å²) in [5, 5.41) is 0.898. The molecule has 214 valence electrons. The second kappa shape index (κ2) is 9.62. The minimum atomic E-state index is -8.04. The van der Waals surface area contributed by atoms with Crippen molar-refractivity contribution in [2.45, 2.75) is 54.9 Å². The molecule has 0 aliphatic rings. The van der Waals surface area contributed by atoms with Gasteiger partial charge in [-0.05, 0) is 5.56 Å². The van der Waals surface area contributed by atoms with Gasteiger partial charge in [0.1, 0.15) is 0 Å². The second-order valence-corrected chi connectivity index (χ2v) is 6.66. The Morgan fingerprint density at radius 1 is 0.622 bits per heavy atom. The highest BCUT2D eigenvalue weighted by Crippen LogP contribution is 2.56. The summed E-state index contributed by atoms with van der Waals surface area (Å²) in [5.41, 5.74) is -0.209. The minimum Gasteiger partial charge on any atom is -0.347 e. The second-order valence-electron chi connectivity index (χ2n) is 6.66. The molecule has 0 aliphatic heterocycles. The quantitative estimate of drug-likeness (QED) is 0.353. The van der Waals surface area contributed by atoms with Gasteiger partial charge in [-0.2, -0.15) is 74.6 Å². The highest BCUT2D eigenvalue weighted by atomic mass is 19.4. The van der Waals surface area contributed by atoms with Crippen LogP contribution in [0.2, 0.25) is 0 Å². The number of hydrogen-bond acceptors (Lipinski definition) is 3. The van der Waals surface area contributed by atoms with Crippen LogP contribution in [0.15, 0.2) is 30.3 Å². The van der Waals surface area contributed by atoms with Crippen molar-refractivity contribution >= 4 is 5.91 Å². The summed E-state index contributed by atoms with van der Waals surface area (Å²) in [5.74, 6) is -26.1. The first kappa shape index (κ1) is 32.4. The highest BCUT2D eigenvalue weighted by molar-refractivity contribution is 5.84. The first-order valence-corrected chi connectivity index (χ1v) is 8.60. The van der Waals surface area contributed by atoms with E-state index < -0.39 is 60.8 Å². The van der Waals surface area contributed by atoms with E-state index in [2.05, 4.69) is 0 Å². The van der Waals surface area contributed by atoms with E-state index in [0.29, 0.717) is 0 Å². The van der Waals surface area contributed by atoms with Gasteiger partial charge in [0.25, 0.3) is 5.91 Å². The number of hydrogen-bond donors (Lipinski definition) is 1. The number of nitrogens with one attached hydrogen (secondary N) is 1. The fourth-order valence-corrected chi connectivity index (χ4v) is 2.06. The SMILES string of the molecule is O=C(NCc1ccccc1)[C@](F)(OC(F)(F)[C@@](F)(OC(F)(F)C(F)(F)C(F)(F)F)C(F)(F)F)C(F)(F)F. The van der Waals surface area contributed by atoms with Crippen molar-refractivity contribution in [3.8, 4) is 0 Å². The minimum absolute atomic E-state index is 0.209. The fourth-order valence-electron chi connectivity index (χ4n) is 2.06. The van der Waals surface area contributed by atoms with E-state index in [1.54, 1.807) is 0 Å². The molecule has 0 radical (unpaired) electrons. The maximum atomic E-state index is 14.3. The van der Waals surface area contributed by atoms with E-state index in [4.69, 9.17) is 0 Å². The Morgan fingerprint density at radius 2 is 1.08 bits per heavy atom. The van der Waals surface area contributed by atoms with Crippen LogP contribution in [0.1, 0.15) is 5.56 Å². The Hall–Kier alpha value is -2.58. The number of rotatable bonds is 9. The molecule has 1 rings (SSSR count). The first-order chi connectivity index (χ1) is 16.2. The van der Waals surface area contributed by atoms with Crippen LogP contribution in [0.4, 0.5) is 74.6 Å². The predicted molar refractivity (Wildman–Crippen MR) is 81.1 cm³/mol. The molecule has 0 unspecified atom stereocenters. The van der Waals surface area contributed by atoms with Crippen molar-refractivity contribution < 1.29 is 88.9 Å². The Balaban J connectivity index is 3.52. The average Bonchev–Trinajstić information content (AvgIpc) is 2.69. The summed E-state index contributed by atoms with van der Waals surface area (Å²) in [7, 11) is 0. The summed E-state index contributed by atoms with van der Waals surface area (Å²) in [6.07, 6.45) is -38.5. The van der Waals surface area contributed by atoms with Gasteiger partial charge in [-0.25, -0.2) is 0 Å². The molecule has 21 heteroatoms. The van der Waals surface area contributed by atoms with Crippen molar-refractivity contribution in [3.63, 3.8) is 0 Å². The van der Waals surface area contributed by atoms with Crippen molar-refractivity contribution in [2.75, 3.05) is 0 Å². The molecule has 37 heavy (non-hydrogen) atoms. The Morgan fingerprint density at radius 3 is 1.46 bits per heavy atom. The molecule has 0 fully saturated rings. The lowest BCUT2D eigenvalue weighted by atomic mass is 10.2. The third kappa shape index (κ3) is 6.12. The lowest BCUT2D eigenvalue weighted by Gasteiger charge is -2.40. The Labute approximate surface area is 192 Å². The fraction of sp³-hybridized carbons (Fsp3) is 0.562. The lowest BCUT2D eigenvalue weighted by molar-refractivity contribution is -0.548. The highest BCUT2D eigenvalue weighted by Gasteiger charge is 2.85. The summed E-state index contributed by atoms with van der Waals surface area (Å²) in [6, 6.07) is 5.63. The molecule has 1 N–H and O–H groups in total. The van der Waals surface area contributed by atoms with Gasteiger partial charge >= 0.3 is 48.4 Å². The van der Waals surface area contributed by atoms with E-state index in [-0.39, 0.29) is 5.56 Å². The zero-order chi connectivity index (χ0) is 29.5. The van der Waals surface area contributed by atoms with Gasteiger partial charge in [0.15, 0.2) is 0 Å². The van der Waals surface area contributed by atoms with Gasteiger partial charge in [0.05, 0.1) is 0 Å². The summed E-state index contributed by atoms with van der Waals surface area (Å²) >= 11 is 0. The molecule has 1 aromatic carbocycles. The number of benzene rings is 1. The monoisotopic (exact) mass is 585 g/mol. The van der Waals surface area contributed by atoms with Crippen molar-refractivity contribution in [1.82, 2.24) is 5.32 Å². The summed E-state index contributed by atoms with van der Waals surface area (Å²) in [6.45, 7) is -1.19. The average molecular weight is 585 g/mol. The van der Waals surface area contributed by atoms with E-state index in [1.165, 1.54) is 10.8 Å². The van der Waals surface area contributed by atoms with Crippen molar-refractivity contribution in [1.29, 1.82) is 0 Å². The molecule has 0 spiro atoms. The molecule has 1 aromatic rings. The van der Waals surface area contributed by atoms with Gasteiger partial charge in [-0.3, -0.25) is 14.3 Å². The third-order valence-electron chi connectivity index (χ3n) is 3.95. The van der Waals surface area contributed by atoms with Crippen LogP contribution in [0.25, 0.3) is 0 Å². The summed E-state index contributed by atoms with van der Waals surface area (Å²) < 4.78 is 225. The van der Waals surface area contributed by atoms with Crippen molar-refractivity contribution in [3.05, 3.63) is 35.9 Å². The first-order valence-electron chi connectivity index (χ1n) is 8.60. The maximum absolute atomic E-state index is 14.3. The number of halogens is 17. The van der Waals surface area contributed by atoms with E-state index in [9.17, 15) is 79.4 Å².